The van der Waals surface area contributed by atoms with Crippen LogP contribution < -0.4 is 5.32 Å². The third-order valence-corrected chi connectivity index (χ3v) is 2.19. The van der Waals surface area contributed by atoms with E-state index in [1.165, 1.54) is 0 Å². The van der Waals surface area contributed by atoms with Crippen LogP contribution in [-0.2, 0) is 11.3 Å². The molecule has 0 aliphatic carbocycles. The fourth-order valence-electron chi connectivity index (χ4n) is 1.03. The molecule has 0 saturated carbocycles. The topological polar surface area (TPSA) is 51.2 Å². The molecule has 1 rings (SSSR count). The van der Waals surface area contributed by atoms with Crippen LogP contribution in [0.25, 0.3) is 0 Å². The van der Waals surface area contributed by atoms with E-state index in [9.17, 15) is 4.79 Å². The van der Waals surface area contributed by atoms with Gasteiger partial charge in [0, 0.05) is 0 Å². The first-order valence-corrected chi connectivity index (χ1v) is 6.03. The lowest BCUT2D eigenvalue weighted by Crippen LogP contribution is -2.32. The van der Waals surface area contributed by atoms with E-state index in [-0.39, 0.29) is 0 Å². The highest BCUT2D eigenvalue weighted by molar-refractivity contribution is 14.1. The van der Waals surface area contributed by atoms with Crippen LogP contribution in [0, 0.1) is 3.70 Å². The maximum atomic E-state index is 11.4. The molecule has 1 aromatic heterocycles. The fourth-order valence-corrected chi connectivity index (χ4v) is 1.54. The zero-order valence-electron chi connectivity index (χ0n) is 9.58. The summed E-state index contributed by atoms with van der Waals surface area (Å²) in [5, 5.41) is 2.66. The average molecular weight is 334 g/mol. The van der Waals surface area contributed by atoms with Crippen molar-refractivity contribution < 1.29 is 9.53 Å². The van der Waals surface area contributed by atoms with Crippen LogP contribution in [-0.4, -0.2) is 16.7 Å². The molecule has 0 aliphatic rings. The molecule has 16 heavy (non-hydrogen) atoms. The number of halogens is 1. The van der Waals surface area contributed by atoms with Crippen LogP contribution in [0.4, 0.5) is 4.79 Å². The number of rotatable bonds is 2. The fraction of sp³-hybridized carbons (Fsp3) is 0.455. The second-order valence-electron chi connectivity index (χ2n) is 4.31. The predicted molar refractivity (Wildman–Crippen MR) is 70.0 cm³/mol. The molecule has 0 radical (unpaired) electrons. The largest absolute Gasteiger partial charge is 0.444 e. The molecule has 0 unspecified atom stereocenters. The van der Waals surface area contributed by atoms with Crippen LogP contribution in [0.3, 0.4) is 0 Å². The maximum Gasteiger partial charge on any atom is 0.407 e. The van der Waals surface area contributed by atoms with Crippen LogP contribution >= 0.6 is 22.6 Å². The van der Waals surface area contributed by atoms with E-state index >= 15 is 0 Å². The van der Waals surface area contributed by atoms with Gasteiger partial charge in [-0.05, 0) is 55.5 Å². The molecule has 0 spiro atoms. The Labute approximate surface area is 109 Å². The lowest BCUT2D eigenvalue weighted by atomic mass is 10.2. The van der Waals surface area contributed by atoms with E-state index in [0.717, 1.165) is 9.39 Å². The molecule has 4 nitrogen and oxygen atoms in total. The van der Waals surface area contributed by atoms with Gasteiger partial charge in [0.2, 0.25) is 0 Å². The van der Waals surface area contributed by atoms with Crippen molar-refractivity contribution in [1.29, 1.82) is 0 Å². The van der Waals surface area contributed by atoms with Gasteiger partial charge in [0.25, 0.3) is 0 Å². The van der Waals surface area contributed by atoms with Crippen molar-refractivity contribution in [3.05, 3.63) is 27.6 Å². The van der Waals surface area contributed by atoms with Crippen molar-refractivity contribution in [2.24, 2.45) is 0 Å². The van der Waals surface area contributed by atoms with Gasteiger partial charge in [0.15, 0.2) is 0 Å². The summed E-state index contributed by atoms with van der Waals surface area (Å²) >= 11 is 2.13. The first-order chi connectivity index (χ1) is 7.37. The van der Waals surface area contributed by atoms with Crippen LogP contribution in [0.2, 0.25) is 0 Å². The van der Waals surface area contributed by atoms with Crippen molar-refractivity contribution in [3.63, 3.8) is 0 Å². The first-order valence-electron chi connectivity index (χ1n) is 4.95. The average Bonchev–Trinajstić information content (AvgIpc) is 2.12. The smallest absolute Gasteiger partial charge is 0.407 e. The molecular formula is C11H15IN2O2. The monoisotopic (exact) mass is 334 g/mol. The number of hydrogen-bond donors (Lipinski definition) is 1. The van der Waals surface area contributed by atoms with Gasteiger partial charge in [-0.3, -0.25) is 0 Å². The van der Waals surface area contributed by atoms with Crippen LogP contribution in [0.1, 0.15) is 26.5 Å². The molecule has 1 heterocycles. The Morgan fingerprint density at radius 2 is 2.19 bits per heavy atom. The van der Waals surface area contributed by atoms with Gasteiger partial charge in [0.05, 0.1) is 12.2 Å². The Bertz CT molecular complexity index is 374. The molecule has 1 amide bonds. The molecule has 0 aliphatic heterocycles. The third-order valence-electron chi connectivity index (χ3n) is 1.59. The highest BCUT2D eigenvalue weighted by atomic mass is 127. The molecule has 0 aromatic carbocycles. The second kappa shape index (κ2) is 5.47. The van der Waals surface area contributed by atoms with Gasteiger partial charge < -0.3 is 10.1 Å². The number of hydrogen-bond acceptors (Lipinski definition) is 3. The Morgan fingerprint density at radius 3 is 2.75 bits per heavy atom. The summed E-state index contributed by atoms with van der Waals surface area (Å²) in [6.07, 6.45) is -0.423. The Hall–Kier alpha value is -0.850. The third kappa shape index (κ3) is 5.29. The van der Waals surface area contributed by atoms with Crippen molar-refractivity contribution in [2.45, 2.75) is 32.9 Å². The van der Waals surface area contributed by atoms with Crippen molar-refractivity contribution >= 4 is 28.7 Å². The van der Waals surface area contributed by atoms with E-state index in [1.807, 2.05) is 39.0 Å². The molecule has 0 bridgehead atoms. The van der Waals surface area contributed by atoms with Crippen LogP contribution in [0.5, 0.6) is 0 Å². The zero-order chi connectivity index (χ0) is 12.2. The van der Waals surface area contributed by atoms with E-state index in [1.54, 1.807) is 0 Å². The molecule has 1 aromatic rings. The van der Waals surface area contributed by atoms with Gasteiger partial charge >= 0.3 is 6.09 Å². The van der Waals surface area contributed by atoms with Crippen molar-refractivity contribution in [1.82, 2.24) is 10.3 Å². The molecule has 0 saturated heterocycles. The Kier molecular flexibility index (Phi) is 4.52. The number of nitrogens with one attached hydrogen (secondary N) is 1. The van der Waals surface area contributed by atoms with E-state index in [0.29, 0.717) is 6.54 Å². The number of amides is 1. The van der Waals surface area contributed by atoms with Gasteiger partial charge in [-0.1, -0.05) is 6.07 Å². The predicted octanol–water partition coefficient (Wildman–Crippen LogP) is 2.71. The quantitative estimate of drug-likeness (QED) is 0.668. The molecule has 0 fully saturated rings. The minimum absolute atomic E-state index is 0.381. The van der Waals surface area contributed by atoms with E-state index in [2.05, 4.69) is 32.9 Å². The number of ether oxygens (including phenoxy) is 1. The second-order valence-corrected chi connectivity index (χ2v) is 5.41. The maximum absolute atomic E-state index is 11.4. The van der Waals surface area contributed by atoms with E-state index < -0.39 is 11.7 Å². The SMILES string of the molecule is CC(C)(C)OC(=O)NCc1cccc(I)n1. The number of nitrogens with zero attached hydrogens (tertiary/aromatic N) is 1. The molecule has 1 N–H and O–H groups in total. The lowest BCUT2D eigenvalue weighted by molar-refractivity contribution is 0.0523. The Balaban J connectivity index is 2.43. The van der Waals surface area contributed by atoms with Crippen LogP contribution in [0.15, 0.2) is 18.2 Å². The van der Waals surface area contributed by atoms with Gasteiger partial charge in [-0.25, -0.2) is 9.78 Å². The summed E-state index contributed by atoms with van der Waals surface area (Å²) in [6, 6.07) is 5.66. The normalized spacial score (nSPS) is 11.0. The summed E-state index contributed by atoms with van der Waals surface area (Å²) < 4.78 is 6.01. The van der Waals surface area contributed by atoms with E-state index in [4.69, 9.17) is 4.74 Å². The minimum Gasteiger partial charge on any atom is -0.444 e. The van der Waals surface area contributed by atoms with Gasteiger partial charge in [-0.15, -0.1) is 0 Å². The standard InChI is InChI=1S/C11H15IN2O2/c1-11(2,3)16-10(15)13-7-8-5-4-6-9(12)14-8/h4-6H,7H2,1-3H3,(H,13,15). The highest BCUT2D eigenvalue weighted by Gasteiger charge is 2.15. The molecule has 5 heteroatoms. The van der Waals surface area contributed by atoms with Gasteiger partial charge in [-0.2, -0.15) is 0 Å². The molecular weight excluding hydrogens is 319 g/mol. The summed E-state index contributed by atoms with van der Waals surface area (Å²) in [5.41, 5.74) is 0.348. The number of carbonyl (C=O) groups excluding carboxylic acids is 1. The lowest BCUT2D eigenvalue weighted by Gasteiger charge is -2.19. The zero-order valence-corrected chi connectivity index (χ0v) is 11.7. The minimum atomic E-state index is -0.470. The number of aromatic nitrogens is 1. The van der Waals surface area contributed by atoms with Gasteiger partial charge in [0.1, 0.15) is 9.30 Å². The van der Waals surface area contributed by atoms with Crippen molar-refractivity contribution in [2.75, 3.05) is 0 Å². The Morgan fingerprint density at radius 1 is 1.50 bits per heavy atom. The molecule has 88 valence electrons. The number of alkyl carbamates (subject to hydrolysis) is 1. The number of pyridine rings is 1. The number of carbonyl (C=O) groups is 1. The van der Waals surface area contributed by atoms with Crippen molar-refractivity contribution in [3.8, 4) is 0 Å². The summed E-state index contributed by atoms with van der Waals surface area (Å²) in [7, 11) is 0. The summed E-state index contributed by atoms with van der Waals surface area (Å²) in [4.78, 5) is 15.6. The highest BCUT2D eigenvalue weighted by Crippen LogP contribution is 2.07. The first kappa shape index (κ1) is 13.2. The molecule has 0 atom stereocenters. The summed E-state index contributed by atoms with van der Waals surface area (Å²) in [5.74, 6) is 0. The summed E-state index contributed by atoms with van der Waals surface area (Å²) in [6.45, 7) is 5.87.